The van der Waals surface area contributed by atoms with Gasteiger partial charge in [-0.05, 0) is 32.0 Å². The van der Waals surface area contributed by atoms with Crippen molar-refractivity contribution in [1.82, 2.24) is 0 Å². The summed E-state index contributed by atoms with van der Waals surface area (Å²) in [7, 11) is 3.31. The molecular formula is C20H27N3O2-2. The Morgan fingerprint density at radius 1 is 0.800 bits per heavy atom. The van der Waals surface area contributed by atoms with E-state index in [2.05, 4.69) is 24.5 Å². The summed E-state index contributed by atoms with van der Waals surface area (Å²) >= 11 is 0. The summed E-state index contributed by atoms with van der Waals surface area (Å²) in [4.78, 5) is 0. The fraction of sp³-hybridized carbons (Fsp3) is 0.400. The lowest BCUT2D eigenvalue weighted by molar-refractivity contribution is 0.415. The van der Waals surface area contributed by atoms with E-state index >= 15 is 0 Å². The Morgan fingerprint density at radius 2 is 1.40 bits per heavy atom. The molecule has 1 N–H and O–H groups in total. The number of hydrogen-bond donors (Lipinski definition) is 1. The van der Waals surface area contributed by atoms with Gasteiger partial charge >= 0.3 is 0 Å². The number of benzene rings is 2. The Labute approximate surface area is 150 Å². The molecule has 0 unspecified atom stereocenters. The van der Waals surface area contributed by atoms with Crippen LogP contribution in [0.4, 0.5) is 22.7 Å². The van der Waals surface area contributed by atoms with Crippen LogP contribution in [0.2, 0.25) is 0 Å². The lowest BCUT2D eigenvalue weighted by Gasteiger charge is -2.37. The molecule has 0 atom stereocenters. The molecule has 2 rings (SSSR count). The van der Waals surface area contributed by atoms with Crippen LogP contribution in [0.5, 0.6) is 11.5 Å². The van der Waals surface area contributed by atoms with Gasteiger partial charge in [-0.2, -0.15) is 11.4 Å². The van der Waals surface area contributed by atoms with Crippen molar-refractivity contribution in [2.45, 2.75) is 39.8 Å². The monoisotopic (exact) mass is 341 g/mol. The second kappa shape index (κ2) is 8.51. The number of anilines is 1. The maximum absolute atomic E-state index is 5.33. The second-order valence-corrected chi connectivity index (χ2v) is 6.37. The van der Waals surface area contributed by atoms with Crippen molar-refractivity contribution in [3.8, 4) is 11.5 Å². The number of methoxy groups -OCH3 is 2. The van der Waals surface area contributed by atoms with Crippen LogP contribution >= 0.6 is 0 Å². The minimum absolute atomic E-state index is 0.171. The van der Waals surface area contributed by atoms with Gasteiger partial charge in [0.1, 0.15) is 11.5 Å². The lowest BCUT2D eigenvalue weighted by atomic mass is 10.2. The molecule has 0 spiro atoms. The summed E-state index contributed by atoms with van der Waals surface area (Å²) in [5.41, 5.74) is 3.41. The largest absolute Gasteiger partial charge is 0.683 e. The number of nitrogens with zero attached hydrogens (tertiary/aromatic N) is 2. The van der Waals surface area contributed by atoms with Crippen molar-refractivity contribution >= 4 is 22.7 Å². The Hall–Kier alpha value is -2.56. The summed E-state index contributed by atoms with van der Waals surface area (Å²) in [5.74, 6) is 1.57. The van der Waals surface area contributed by atoms with E-state index in [4.69, 9.17) is 14.8 Å². The number of nitrogens with one attached hydrogen (secondary N) is 1. The van der Waals surface area contributed by atoms with Gasteiger partial charge in [-0.1, -0.05) is 26.0 Å². The maximum atomic E-state index is 5.33. The first-order valence-corrected chi connectivity index (χ1v) is 8.48. The van der Waals surface area contributed by atoms with Crippen molar-refractivity contribution in [3.63, 3.8) is 0 Å². The third-order valence-corrected chi connectivity index (χ3v) is 3.47. The molecule has 0 radical (unpaired) electrons. The van der Waals surface area contributed by atoms with E-state index in [0.29, 0.717) is 0 Å². The summed E-state index contributed by atoms with van der Waals surface area (Å²) in [6, 6.07) is 12.0. The van der Waals surface area contributed by atoms with Gasteiger partial charge in [-0.25, -0.2) is 0 Å². The Balaban J connectivity index is 2.38. The van der Waals surface area contributed by atoms with Gasteiger partial charge in [0.15, 0.2) is 0 Å². The predicted octanol–water partition coefficient (Wildman–Crippen LogP) is 6.27. The Bertz CT molecular complexity index is 640. The van der Waals surface area contributed by atoms with Gasteiger partial charge in [0.25, 0.3) is 0 Å². The quantitative estimate of drug-likeness (QED) is 0.615. The van der Waals surface area contributed by atoms with Crippen molar-refractivity contribution < 1.29 is 9.47 Å². The zero-order chi connectivity index (χ0) is 18.4. The van der Waals surface area contributed by atoms with Gasteiger partial charge in [-0.3, -0.25) is 0 Å². The van der Waals surface area contributed by atoms with Crippen molar-refractivity contribution in [2.75, 3.05) is 19.5 Å². The van der Waals surface area contributed by atoms with Crippen LogP contribution < -0.4 is 14.8 Å². The van der Waals surface area contributed by atoms with Crippen molar-refractivity contribution in [3.05, 3.63) is 47.0 Å². The first-order chi connectivity index (χ1) is 11.9. The lowest BCUT2D eigenvalue weighted by Crippen LogP contribution is -2.09. The van der Waals surface area contributed by atoms with Gasteiger partial charge in [0.2, 0.25) is 0 Å². The molecule has 0 aliphatic rings. The van der Waals surface area contributed by atoms with Gasteiger partial charge in [0.05, 0.1) is 14.2 Å². The minimum atomic E-state index is 0.171. The van der Waals surface area contributed by atoms with Gasteiger partial charge in [-0.15, -0.1) is 11.7 Å². The van der Waals surface area contributed by atoms with E-state index in [9.17, 15) is 0 Å². The fourth-order valence-corrected chi connectivity index (χ4v) is 2.40. The molecule has 0 bridgehead atoms. The molecule has 0 fully saturated rings. The maximum Gasteiger partial charge on any atom is 0.120 e. The highest BCUT2D eigenvalue weighted by molar-refractivity contribution is 5.87. The summed E-state index contributed by atoms with van der Waals surface area (Å²) < 4.78 is 10.6. The highest BCUT2D eigenvalue weighted by Crippen LogP contribution is 2.45. The van der Waals surface area contributed by atoms with E-state index in [0.717, 1.165) is 34.2 Å². The molecule has 2 aromatic carbocycles. The van der Waals surface area contributed by atoms with Crippen molar-refractivity contribution in [2.24, 2.45) is 0 Å². The van der Waals surface area contributed by atoms with Crippen LogP contribution in [0, 0.1) is 0 Å². The second-order valence-electron chi connectivity index (χ2n) is 6.37. The van der Waals surface area contributed by atoms with Crippen LogP contribution in [-0.2, 0) is 0 Å². The first-order valence-electron chi connectivity index (χ1n) is 8.48. The Morgan fingerprint density at radius 3 is 1.96 bits per heavy atom. The minimum Gasteiger partial charge on any atom is -0.683 e. The third-order valence-electron chi connectivity index (χ3n) is 3.47. The molecule has 0 saturated carbocycles. The third kappa shape index (κ3) is 5.21. The van der Waals surface area contributed by atoms with Crippen LogP contribution in [0.25, 0.3) is 10.6 Å². The molecule has 0 saturated heterocycles. The SMILES string of the molecule is COc1ccc([N-]c2ccc(OC)cc2NC(C)C)c([N-]C(C)C)c1. The van der Waals surface area contributed by atoms with Crippen LogP contribution in [0.3, 0.4) is 0 Å². The average Bonchev–Trinajstić information content (AvgIpc) is 2.56. The first kappa shape index (κ1) is 18.8. The molecule has 0 aromatic heterocycles. The van der Waals surface area contributed by atoms with E-state index in [-0.39, 0.29) is 12.1 Å². The Kier molecular flexibility index (Phi) is 6.39. The molecule has 0 aliphatic carbocycles. The van der Waals surface area contributed by atoms with E-state index < -0.39 is 0 Å². The summed E-state index contributed by atoms with van der Waals surface area (Å²) in [6.07, 6.45) is 0. The molecule has 2 aromatic rings. The zero-order valence-electron chi connectivity index (χ0n) is 15.8. The van der Waals surface area contributed by atoms with Gasteiger partial charge in [0, 0.05) is 17.8 Å². The van der Waals surface area contributed by atoms with Crippen molar-refractivity contribution in [1.29, 1.82) is 0 Å². The summed E-state index contributed by atoms with van der Waals surface area (Å²) in [5, 5.41) is 12.9. The van der Waals surface area contributed by atoms with E-state index in [1.807, 2.05) is 50.2 Å². The molecule has 5 nitrogen and oxygen atoms in total. The molecular weight excluding hydrogens is 314 g/mol. The predicted molar refractivity (Wildman–Crippen MR) is 106 cm³/mol. The number of hydrogen-bond acceptors (Lipinski definition) is 3. The van der Waals surface area contributed by atoms with Crippen LogP contribution in [0.15, 0.2) is 36.4 Å². The fourth-order valence-electron chi connectivity index (χ4n) is 2.40. The highest BCUT2D eigenvalue weighted by atomic mass is 16.5. The smallest absolute Gasteiger partial charge is 0.120 e. The number of ether oxygens (including phenoxy) is 2. The van der Waals surface area contributed by atoms with E-state index in [1.165, 1.54) is 0 Å². The van der Waals surface area contributed by atoms with Gasteiger partial charge < -0.3 is 25.4 Å². The van der Waals surface area contributed by atoms with Crippen LogP contribution in [0.1, 0.15) is 27.7 Å². The highest BCUT2D eigenvalue weighted by Gasteiger charge is 2.01. The zero-order valence-corrected chi connectivity index (χ0v) is 15.8. The average molecular weight is 341 g/mol. The molecule has 136 valence electrons. The molecule has 0 heterocycles. The normalized spacial score (nSPS) is 10.7. The topological polar surface area (TPSA) is 58.7 Å². The van der Waals surface area contributed by atoms with E-state index in [1.54, 1.807) is 14.2 Å². The van der Waals surface area contributed by atoms with Crippen LogP contribution in [-0.4, -0.2) is 26.3 Å². The molecule has 0 aliphatic heterocycles. The standard InChI is InChI=1S/C20H27N3O2/c1-13(2)21-19-11-15(24-5)7-9-17(19)23-18-10-8-16(25-6)12-20(18)22-14(3)4/h7-14,21H,1-6H3/q-2. The molecule has 0 amide bonds. The number of rotatable bonds is 8. The molecule has 5 heteroatoms. The summed E-state index contributed by atoms with van der Waals surface area (Å²) in [6.45, 7) is 8.27. The molecule has 25 heavy (non-hydrogen) atoms.